The monoisotopic (exact) mass is 520 g/mol. The van der Waals surface area contributed by atoms with E-state index in [1.165, 1.54) is 0 Å². The van der Waals surface area contributed by atoms with E-state index in [-0.39, 0.29) is 0 Å². The Morgan fingerprint density at radius 1 is 1.14 bits per heavy atom. The number of likely N-dealkylation sites (tertiary alicyclic amines) is 1. The average molecular weight is 520 g/mol. The number of alkyl halides is 3. The molecule has 0 saturated carbocycles. The first-order valence-electron chi connectivity index (χ1n) is 10.5. The summed E-state index contributed by atoms with van der Waals surface area (Å²) in [6, 6.07) is 7.12. The molecule has 1 aromatic rings. The van der Waals surface area contributed by atoms with Gasteiger partial charge in [-0.25, -0.2) is 0 Å². The molecule has 4 rings (SSSR count). The number of nitrogens with zero attached hydrogens (tertiary/aromatic N) is 1. The zero-order chi connectivity index (χ0) is 20.4. The molecule has 2 fully saturated rings. The number of piperidine rings is 1. The molecule has 2 atom stereocenters. The summed E-state index contributed by atoms with van der Waals surface area (Å²) < 4.78 is 45.2. The van der Waals surface area contributed by atoms with Crippen molar-refractivity contribution < 1.29 is 17.9 Å². The highest BCUT2D eigenvalue weighted by molar-refractivity contribution is 14.1. The summed E-state index contributed by atoms with van der Waals surface area (Å²) in [5.74, 6) is -0.437. The predicted octanol–water partition coefficient (Wildman–Crippen LogP) is 5.64. The van der Waals surface area contributed by atoms with Crippen molar-refractivity contribution in [1.29, 1.82) is 0 Å². The van der Waals surface area contributed by atoms with Crippen LogP contribution in [0.1, 0.15) is 43.2 Å². The van der Waals surface area contributed by atoms with Crippen LogP contribution in [0.3, 0.4) is 0 Å². The average Bonchev–Trinajstić information content (AvgIpc) is 3.16. The van der Waals surface area contributed by atoms with E-state index >= 15 is 0 Å². The van der Waals surface area contributed by atoms with Crippen molar-refractivity contribution in [1.82, 2.24) is 4.90 Å². The van der Waals surface area contributed by atoms with E-state index < -0.39 is 18.5 Å². The van der Waals surface area contributed by atoms with E-state index in [0.29, 0.717) is 24.9 Å². The van der Waals surface area contributed by atoms with E-state index in [9.17, 15) is 13.2 Å². The molecule has 2 unspecified atom stereocenters. The van der Waals surface area contributed by atoms with E-state index in [1.807, 2.05) is 12.1 Å². The fraction of sp³-hybridized carbons (Fsp3) is 0.636. The van der Waals surface area contributed by atoms with Crippen LogP contribution in [0.2, 0.25) is 0 Å². The number of benzene rings is 1. The summed E-state index contributed by atoms with van der Waals surface area (Å²) >= 11 is 2.11. The molecule has 0 bridgehead atoms. The number of ether oxygens (including phenoxy) is 1. The smallest absolute Gasteiger partial charge is 0.382 e. The van der Waals surface area contributed by atoms with Gasteiger partial charge in [0.15, 0.2) is 0 Å². The number of halogens is 4. The molecular formula is C22H28F3IN2O. The molecule has 0 aromatic heterocycles. The van der Waals surface area contributed by atoms with Gasteiger partial charge >= 0.3 is 6.18 Å². The van der Waals surface area contributed by atoms with E-state index in [4.69, 9.17) is 4.74 Å². The first-order chi connectivity index (χ1) is 13.9. The molecule has 160 valence electrons. The molecule has 0 spiro atoms. The summed E-state index contributed by atoms with van der Waals surface area (Å²) in [6.07, 6.45) is 1.66. The Bertz CT molecular complexity index is 738. The Hall–Kier alpha value is -0.800. The van der Waals surface area contributed by atoms with Gasteiger partial charge in [-0.3, -0.25) is 4.90 Å². The van der Waals surface area contributed by atoms with Gasteiger partial charge in [-0.05, 0) is 81.9 Å². The Labute approximate surface area is 184 Å². The van der Waals surface area contributed by atoms with Crippen molar-refractivity contribution in [3.63, 3.8) is 0 Å². The molecular weight excluding hydrogens is 492 g/mol. The molecule has 2 saturated heterocycles. The lowest BCUT2D eigenvalue weighted by Crippen LogP contribution is -2.44. The number of aryl methyl sites for hydroxylation is 1. The minimum atomic E-state index is -4.12. The number of nitrogens with one attached hydrogen (secondary N) is 1. The molecule has 1 aliphatic carbocycles. The van der Waals surface area contributed by atoms with Crippen molar-refractivity contribution in [2.75, 3.05) is 31.6 Å². The van der Waals surface area contributed by atoms with Crippen LogP contribution in [0.5, 0.6) is 0 Å². The molecule has 0 amide bonds. The van der Waals surface area contributed by atoms with Crippen molar-refractivity contribution in [2.45, 2.75) is 56.8 Å². The standard InChI is InChI=1S/C22H28F3IN2O/c23-22(24,25)13-16-5-4-15-2-1-3-21(19(15)12-20(16)26)27-17-6-9-28(10-7-17)18-8-11-29-14-18/h1-3,12,16-18,27H,4-11,13-14H2. The lowest BCUT2D eigenvalue weighted by Gasteiger charge is -2.36. The molecule has 3 aliphatic rings. The molecule has 2 heterocycles. The molecule has 1 N–H and O–H groups in total. The molecule has 7 heteroatoms. The number of rotatable bonds is 4. The first kappa shape index (κ1) is 21.4. The van der Waals surface area contributed by atoms with Gasteiger partial charge in [0.05, 0.1) is 13.0 Å². The highest BCUT2D eigenvalue weighted by Crippen LogP contribution is 2.40. The number of allylic oxidation sites excluding steroid dienone is 1. The van der Waals surface area contributed by atoms with Crippen molar-refractivity contribution >= 4 is 34.4 Å². The van der Waals surface area contributed by atoms with Crippen LogP contribution in [0.4, 0.5) is 18.9 Å². The van der Waals surface area contributed by atoms with Crippen molar-refractivity contribution in [3.8, 4) is 0 Å². The Morgan fingerprint density at radius 3 is 2.62 bits per heavy atom. The van der Waals surface area contributed by atoms with Crippen LogP contribution in [0.25, 0.3) is 6.08 Å². The molecule has 3 nitrogen and oxygen atoms in total. The maximum absolute atomic E-state index is 13.0. The molecule has 29 heavy (non-hydrogen) atoms. The van der Waals surface area contributed by atoms with Crippen LogP contribution < -0.4 is 5.32 Å². The fourth-order valence-electron chi connectivity index (χ4n) is 4.77. The van der Waals surface area contributed by atoms with E-state index in [2.05, 4.69) is 44.9 Å². The second kappa shape index (κ2) is 9.14. The van der Waals surface area contributed by atoms with Gasteiger partial charge in [0.1, 0.15) is 0 Å². The maximum Gasteiger partial charge on any atom is 0.389 e. The van der Waals surface area contributed by atoms with Crippen molar-refractivity contribution in [3.05, 3.63) is 32.9 Å². The zero-order valence-electron chi connectivity index (χ0n) is 16.5. The van der Waals surface area contributed by atoms with Gasteiger partial charge in [0.2, 0.25) is 0 Å². The Kier molecular flexibility index (Phi) is 6.75. The van der Waals surface area contributed by atoms with Crippen LogP contribution in [0.15, 0.2) is 21.8 Å². The fourth-order valence-corrected chi connectivity index (χ4v) is 5.61. The summed E-state index contributed by atoms with van der Waals surface area (Å²) in [6.45, 7) is 3.87. The largest absolute Gasteiger partial charge is 0.389 e. The molecule has 0 radical (unpaired) electrons. The summed E-state index contributed by atoms with van der Waals surface area (Å²) in [5, 5.41) is 3.70. The molecule has 1 aromatic carbocycles. The third-order valence-corrected chi connectivity index (χ3v) is 7.61. The van der Waals surface area contributed by atoms with Gasteiger partial charge in [0, 0.05) is 43.0 Å². The van der Waals surface area contributed by atoms with Gasteiger partial charge in [0.25, 0.3) is 0 Å². The minimum absolute atomic E-state index is 0.403. The highest BCUT2D eigenvalue weighted by Gasteiger charge is 2.34. The van der Waals surface area contributed by atoms with E-state index in [1.54, 1.807) is 0 Å². The lowest BCUT2D eigenvalue weighted by atomic mass is 9.97. The third-order valence-electron chi connectivity index (χ3n) is 6.42. The summed E-state index contributed by atoms with van der Waals surface area (Å²) in [7, 11) is 0. The predicted molar refractivity (Wildman–Crippen MR) is 118 cm³/mol. The summed E-state index contributed by atoms with van der Waals surface area (Å²) in [5.41, 5.74) is 3.29. The topological polar surface area (TPSA) is 24.5 Å². The van der Waals surface area contributed by atoms with Crippen molar-refractivity contribution in [2.24, 2.45) is 5.92 Å². The van der Waals surface area contributed by atoms with Crippen LogP contribution in [-0.4, -0.2) is 49.5 Å². The number of anilines is 1. The van der Waals surface area contributed by atoms with Gasteiger partial charge in [-0.15, -0.1) is 0 Å². The van der Waals surface area contributed by atoms with Gasteiger partial charge in [-0.2, -0.15) is 13.2 Å². The zero-order valence-corrected chi connectivity index (χ0v) is 18.6. The third kappa shape index (κ3) is 5.47. The SMILES string of the molecule is FC(F)(F)CC1CCc2cccc(NC3CCN(C4CCOC4)CC3)c2C=C1I. The minimum Gasteiger partial charge on any atom is -0.382 e. The summed E-state index contributed by atoms with van der Waals surface area (Å²) in [4.78, 5) is 2.54. The highest BCUT2D eigenvalue weighted by atomic mass is 127. The second-order valence-electron chi connectivity index (χ2n) is 8.43. The number of fused-ring (bicyclic) bond motifs is 1. The second-order valence-corrected chi connectivity index (χ2v) is 9.68. The van der Waals surface area contributed by atoms with E-state index in [0.717, 1.165) is 66.0 Å². The van der Waals surface area contributed by atoms with Gasteiger partial charge < -0.3 is 10.1 Å². The van der Waals surface area contributed by atoms with Crippen LogP contribution in [0, 0.1) is 5.92 Å². The number of hydrogen-bond acceptors (Lipinski definition) is 3. The molecule has 2 aliphatic heterocycles. The first-order valence-corrected chi connectivity index (χ1v) is 11.6. The lowest BCUT2D eigenvalue weighted by molar-refractivity contribution is -0.141. The van der Waals surface area contributed by atoms with Crippen LogP contribution >= 0.6 is 22.6 Å². The number of hydrogen-bond donors (Lipinski definition) is 1. The van der Waals surface area contributed by atoms with Gasteiger partial charge in [-0.1, -0.05) is 12.1 Å². The Morgan fingerprint density at radius 2 is 1.93 bits per heavy atom. The maximum atomic E-state index is 13.0. The van der Waals surface area contributed by atoms with Crippen LogP contribution in [-0.2, 0) is 11.2 Å². The Balaban J connectivity index is 1.44. The normalized spacial score (nSPS) is 26.7. The quantitative estimate of drug-likeness (QED) is 0.520.